The standard InChI is InChI=1S/C12H17NO3/c1-12(13-2,11(14)16-4)9-6-5-7-10(8-9)15-3/h5-8,13H,1-4H3. The van der Waals surface area contributed by atoms with Crippen molar-refractivity contribution in [1.82, 2.24) is 5.32 Å². The minimum atomic E-state index is -0.858. The van der Waals surface area contributed by atoms with Crippen molar-refractivity contribution in [3.63, 3.8) is 0 Å². The Balaban J connectivity index is 3.16. The Morgan fingerprint density at radius 3 is 2.56 bits per heavy atom. The second-order valence-electron chi connectivity index (χ2n) is 3.60. The van der Waals surface area contributed by atoms with Gasteiger partial charge in [0.05, 0.1) is 14.2 Å². The quantitative estimate of drug-likeness (QED) is 0.782. The average molecular weight is 223 g/mol. The fourth-order valence-electron chi connectivity index (χ4n) is 1.50. The first-order valence-electron chi connectivity index (χ1n) is 5.00. The molecular formula is C12H17NO3. The Labute approximate surface area is 95.6 Å². The first kappa shape index (κ1) is 12.5. The van der Waals surface area contributed by atoms with Crippen molar-refractivity contribution in [2.75, 3.05) is 21.3 Å². The van der Waals surface area contributed by atoms with Crippen LogP contribution in [0.2, 0.25) is 0 Å². The summed E-state index contributed by atoms with van der Waals surface area (Å²) in [5, 5.41) is 2.97. The van der Waals surface area contributed by atoms with Gasteiger partial charge in [-0.25, -0.2) is 4.79 Å². The number of rotatable bonds is 4. The Morgan fingerprint density at radius 2 is 2.06 bits per heavy atom. The summed E-state index contributed by atoms with van der Waals surface area (Å²) in [6.07, 6.45) is 0. The van der Waals surface area contributed by atoms with Crippen LogP contribution >= 0.6 is 0 Å². The summed E-state index contributed by atoms with van der Waals surface area (Å²) < 4.78 is 9.92. The molecule has 4 heteroatoms. The van der Waals surface area contributed by atoms with Crippen LogP contribution in [0.5, 0.6) is 5.75 Å². The number of methoxy groups -OCH3 is 2. The lowest BCUT2D eigenvalue weighted by atomic mass is 9.92. The van der Waals surface area contributed by atoms with E-state index in [0.717, 1.165) is 5.56 Å². The fraction of sp³-hybridized carbons (Fsp3) is 0.417. The number of likely N-dealkylation sites (N-methyl/N-ethyl adjacent to an activating group) is 1. The third kappa shape index (κ3) is 2.17. The van der Waals surface area contributed by atoms with Crippen LogP contribution in [0, 0.1) is 0 Å². The number of benzene rings is 1. The minimum absolute atomic E-state index is 0.330. The van der Waals surface area contributed by atoms with Crippen molar-refractivity contribution in [1.29, 1.82) is 0 Å². The van der Waals surface area contributed by atoms with Gasteiger partial charge in [0.2, 0.25) is 0 Å². The molecule has 16 heavy (non-hydrogen) atoms. The molecule has 1 unspecified atom stereocenters. The Bertz CT molecular complexity index is 378. The van der Waals surface area contributed by atoms with Crippen LogP contribution in [0.4, 0.5) is 0 Å². The molecule has 0 aliphatic heterocycles. The van der Waals surface area contributed by atoms with E-state index in [4.69, 9.17) is 9.47 Å². The second-order valence-corrected chi connectivity index (χ2v) is 3.60. The normalized spacial score (nSPS) is 14.0. The van der Waals surface area contributed by atoms with Gasteiger partial charge in [0, 0.05) is 0 Å². The van der Waals surface area contributed by atoms with Crippen LogP contribution in [0.1, 0.15) is 12.5 Å². The van der Waals surface area contributed by atoms with Gasteiger partial charge in [0.1, 0.15) is 11.3 Å². The molecule has 0 amide bonds. The van der Waals surface area contributed by atoms with Gasteiger partial charge in [-0.2, -0.15) is 0 Å². The van der Waals surface area contributed by atoms with E-state index in [0.29, 0.717) is 5.75 Å². The van der Waals surface area contributed by atoms with Crippen molar-refractivity contribution in [2.24, 2.45) is 0 Å². The van der Waals surface area contributed by atoms with Crippen LogP contribution in [0.15, 0.2) is 24.3 Å². The number of hydrogen-bond donors (Lipinski definition) is 1. The van der Waals surface area contributed by atoms with Gasteiger partial charge in [0.15, 0.2) is 0 Å². The maximum absolute atomic E-state index is 11.7. The number of esters is 1. The molecule has 0 spiro atoms. The third-order valence-corrected chi connectivity index (χ3v) is 2.74. The second kappa shape index (κ2) is 4.99. The van der Waals surface area contributed by atoms with Gasteiger partial charge in [-0.05, 0) is 31.7 Å². The fourth-order valence-corrected chi connectivity index (χ4v) is 1.50. The number of hydrogen-bond acceptors (Lipinski definition) is 4. The summed E-state index contributed by atoms with van der Waals surface area (Å²) in [7, 11) is 4.68. The highest BCUT2D eigenvalue weighted by Gasteiger charge is 2.34. The average Bonchev–Trinajstić information content (AvgIpc) is 2.36. The number of carbonyl (C=O) groups excluding carboxylic acids is 1. The zero-order valence-electron chi connectivity index (χ0n) is 10.0. The summed E-state index contributed by atoms with van der Waals surface area (Å²) in [6, 6.07) is 7.34. The zero-order chi connectivity index (χ0) is 12.2. The molecule has 0 aliphatic rings. The summed E-state index contributed by atoms with van der Waals surface area (Å²) in [5.74, 6) is 0.381. The van der Waals surface area contributed by atoms with Crippen LogP contribution in [-0.2, 0) is 15.1 Å². The lowest BCUT2D eigenvalue weighted by molar-refractivity contribution is -0.148. The molecular weight excluding hydrogens is 206 g/mol. The van der Waals surface area contributed by atoms with Crippen LogP contribution in [0.3, 0.4) is 0 Å². The Kier molecular flexibility index (Phi) is 3.90. The number of carbonyl (C=O) groups is 1. The van der Waals surface area contributed by atoms with Crippen molar-refractivity contribution < 1.29 is 14.3 Å². The van der Waals surface area contributed by atoms with E-state index in [1.54, 1.807) is 21.1 Å². The van der Waals surface area contributed by atoms with E-state index >= 15 is 0 Å². The molecule has 88 valence electrons. The number of ether oxygens (including phenoxy) is 2. The molecule has 0 heterocycles. The van der Waals surface area contributed by atoms with Crippen molar-refractivity contribution in [2.45, 2.75) is 12.5 Å². The third-order valence-electron chi connectivity index (χ3n) is 2.74. The predicted molar refractivity (Wildman–Crippen MR) is 61.4 cm³/mol. The molecule has 0 bridgehead atoms. The Morgan fingerprint density at radius 1 is 1.38 bits per heavy atom. The summed E-state index contributed by atoms with van der Waals surface area (Å²) >= 11 is 0. The molecule has 0 radical (unpaired) electrons. The topological polar surface area (TPSA) is 47.6 Å². The van der Waals surface area contributed by atoms with Crippen LogP contribution in [0.25, 0.3) is 0 Å². The Hall–Kier alpha value is -1.55. The number of nitrogens with one attached hydrogen (secondary N) is 1. The SMILES string of the molecule is CNC(C)(C(=O)OC)c1cccc(OC)c1. The van der Waals surface area contributed by atoms with Gasteiger partial charge in [-0.15, -0.1) is 0 Å². The zero-order valence-corrected chi connectivity index (χ0v) is 10.0. The van der Waals surface area contributed by atoms with E-state index in [-0.39, 0.29) is 5.97 Å². The van der Waals surface area contributed by atoms with Crippen LogP contribution < -0.4 is 10.1 Å². The van der Waals surface area contributed by atoms with Gasteiger partial charge >= 0.3 is 5.97 Å². The maximum atomic E-state index is 11.7. The van der Waals surface area contributed by atoms with Crippen molar-refractivity contribution in [3.8, 4) is 5.75 Å². The largest absolute Gasteiger partial charge is 0.497 e. The van der Waals surface area contributed by atoms with Gasteiger partial charge in [0.25, 0.3) is 0 Å². The summed E-state index contributed by atoms with van der Waals surface area (Å²) in [5.41, 5.74) is -0.0512. The first-order chi connectivity index (χ1) is 7.58. The molecule has 0 aliphatic carbocycles. The van der Waals surface area contributed by atoms with Crippen LogP contribution in [-0.4, -0.2) is 27.2 Å². The van der Waals surface area contributed by atoms with E-state index in [2.05, 4.69) is 5.32 Å². The monoisotopic (exact) mass is 223 g/mol. The molecule has 1 aromatic carbocycles. The van der Waals surface area contributed by atoms with Crippen molar-refractivity contribution >= 4 is 5.97 Å². The highest BCUT2D eigenvalue weighted by Crippen LogP contribution is 2.25. The lowest BCUT2D eigenvalue weighted by Gasteiger charge is -2.26. The molecule has 1 N–H and O–H groups in total. The van der Waals surface area contributed by atoms with Gasteiger partial charge < -0.3 is 14.8 Å². The molecule has 1 atom stereocenters. The molecule has 4 nitrogen and oxygen atoms in total. The molecule has 0 saturated heterocycles. The molecule has 0 saturated carbocycles. The van der Waals surface area contributed by atoms with Gasteiger partial charge in [-0.1, -0.05) is 12.1 Å². The van der Waals surface area contributed by atoms with E-state index in [1.807, 2.05) is 24.3 Å². The first-order valence-corrected chi connectivity index (χ1v) is 5.00. The van der Waals surface area contributed by atoms with E-state index in [9.17, 15) is 4.79 Å². The van der Waals surface area contributed by atoms with Crippen molar-refractivity contribution in [3.05, 3.63) is 29.8 Å². The van der Waals surface area contributed by atoms with E-state index in [1.165, 1.54) is 7.11 Å². The lowest BCUT2D eigenvalue weighted by Crippen LogP contribution is -2.45. The maximum Gasteiger partial charge on any atom is 0.330 e. The molecule has 0 aromatic heterocycles. The van der Waals surface area contributed by atoms with E-state index < -0.39 is 5.54 Å². The van der Waals surface area contributed by atoms with Gasteiger partial charge in [-0.3, -0.25) is 0 Å². The smallest absolute Gasteiger partial charge is 0.330 e. The summed E-state index contributed by atoms with van der Waals surface area (Å²) in [6.45, 7) is 1.77. The molecule has 0 fully saturated rings. The highest BCUT2D eigenvalue weighted by atomic mass is 16.5. The highest BCUT2D eigenvalue weighted by molar-refractivity contribution is 5.82. The molecule has 1 aromatic rings. The predicted octanol–water partition coefficient (Wildman–Crippen LogP) is 1.30. The minimum Gasteiger partial charge on any atom is -0.497 e. The summed E-state index contributed by atoms with van der Waals surface area (Å²) in [4.78, 5) is 11.7. The molecule has 1 rings (SSSR count).